The number of hydrogen-bond donors (Lipinski definition) is 1. The number of amides is 3. The van der Waals surface area contributed by atoms with Gasteiger partial charge in [0.2, 0.25) is 0 Å². The maximum absolute atomic E-state index is 13.0. The molecule has 0 saturated carbocycles. The fourth-order valence-corrected chi connectivity index (χ4v) is 4.07. The Labute approximate surface area is 219 Å². The van der Waals surface area contributed by atoms with Gasteiger partial charge in [-0.3, -0.25) is 19.3 Å². The maximum Gasteiger partial charge on any atom is 0.338 e. The summed E-state index contributed by atoms with van der Waals surface area (Å²) in [5.74, 6) is -1.50. The van der Waals surface area contributed by atoms with Gasteiger partial charge < -0.3 is 14.8 Å². The largest absolute Gasteiger partial charge is 0.497 e. The van der Waals surface area contributed by atoms with Crippen LogP contribution in [0.2, 0.25) is 5.02 Å². The number of hydrogen-bond acceptors (Lipinski definition) is 6. The van der Waals surface area contributed by atoms with Gasteiger partial charge in [-0.25, -0.2) is 4.79 Å². The Morgan fingerprint density at radius 3 is 2.38 bits per heavy atom. The molecular weight excluding hydrogens is 496 g/mol. The molecule has 0 radical (unpaired) electrons. The molecule has 37 heavy (non-hydrogen) atoms. The Morgan fingerprint density at radius 1 is 0.973 bits per heavy atom. The predicted molar refractivity (Wildman–Crippen MR) is 138 cm³/mol. The van der Waals surface area contributed by atoms with Crippen LogP contribution in [0.1, 0.15) is 49.1 Å². The minimum atomic E-state index is -1.11. The van der Waals surface area contributed by atoms with Gasteiger partial charge in [0.1, 0.15) is 5.75 Å². The molecule has 0 saturated heterocycles. The third kappa shape index (κ3) is 5.65. The maximum atomic E-state index is 13.0. The lowest BCUT2D eigenvalue weighted by molar-refractivity contribution is -0.123. The fraction of sp³-hybridized carbons (Fsp3) is 0.214. The van der Waals surface area contributed by atoms with E-state index in [0.29, 0.717) is 17.1 Å². The summed E-state index contributed by atoms with van der Waals surface area (Å²) in [6, 6.07) is 16.6. The van der Waals surface area contributed by atoms with Gasteiger partial charge in [0.05, 0.1) is 23.8 Å². The molecule has 1 aliphatic rings. The third-order valence-corrected chi connectivity index (χ3v) is 6.34. The van der Waals surface area contributed by atoms with Crippen molar-refractivity contribution in [3.8, 4) is 5.75 Å². The average Bonchev–Trinajstić information content (AvgIpc) is 3.13. The van der Waals surface area contributed by atoms with Crippen LogP contribution >= 0.6 is 11.6 Å². The molecule has 1 N–H and O–H groups in total. The van der Waals surface area contributed by atoms with Crippen molar-refractivity contribution >= 4 is 41.0 Å². The van der Waals surface area contributed by atoms with Gasteiger partial charge in [0, 0.05) is 17.3 Å². The second-order valence-corrected chi connectivity index (χ2v) is 9.05. The highest BCUT2D eigenvalue weighted by Crippen LogP contribution is 2.25. The molecule has 0 aliphatic carbocycles. The highest BCUT2D eigenvalue weighted by Gasteiger charge is 2.36. The van der Waals surface area contributed by atoms with E-state index in [2.05, 4.69) is 5.32 Å². The van der Waals surface area contributed by atoms with Gasteiger partial charge in [0.15, 0.2) is 6.10 Å². The van der Waals surface area contributed by atoms with E-state index in [1.807, 2.05) is 31.2 Å². The first kappa shape index (κ1) is 25.9. The minimum Gasteiger partial charge on any atom is -0.497 e. The number of carbonyl (C=O) groups is 4. The number of imide groups is 1. The Morgan fingerprint density at radius 2 is 1.68 bits per heavy atom. The number of aryl methyl sites for hydroxylation is 1. The number of benzene rings is 3. The van der Waals surface area contributed by atoms with Gasteiger partial charge in [-0.05, 0) is 73.9 Å². The van der Waals surface area contributed by atoms with Crippen LogP contribution in [0, 0.1) is 6.92 Å². The predicted octanol–water partition coefficient (Wildman–Crippen LogP) is 4.68. The minimum absolute atomic E-state index is 0.0653. The molecule has 4 rings (SSSR count). The van der Waals surface area contributed by atoms with E-state index >= 15 is 0 Å². The lowest BCUT2D eigenvalue weighted by Crippen LogP contribution is -2.31. The van der Waals surface area contributed by atoms with Crippen LogP contribution in [0.5, 0.6) is 5.75 Å². The van der Waals surface area contributed by atoms with Crippen molar-refractivity contribution in [3.05, 3.63) is 93.5 Å². The second kappa shape index (κ2) is 10.8. The number of fused-ring (bicyclic) bond motifs is 1. The normalized spacial score (nSPS) is 13.2. The van der Waals surface area contributed by atoms with Crippen LogP contribution in [0.3, 0.4) is 0 Å². The van der Waals surface area contributed by atoms with E-state index in [4.69, 9.17) is 21.1 Å². The van der Waals surface area contributed by atoms with Gasteiger partial charge in [-0.15, -0.1) is 0 Å². The van der Waals surface area contributed by atoms with Crippen molar-refractivity contribution in [2.45, 2.75) is 26.4 Å². The first-order chi connectivity index (χ1) is 17.7. The van der Waals surface area contributed by atoms with E-state index < -0.39 is 29.8 Å². The molecule has 1 aliphatic heterocycles. The first-order valence-electron chi connectivity index (χ1n) is 11.6. The zero-order valence-electron chi connectivity index (χ0n) is 20.5. The third-order valence-electron chi connectivity index (χ3n) is 6.10. The number of rotatable bonds is 8. The second-order valence-electron chi connectivity index (χ2n) is 8.62. The quantitative estimate of drug-likeness (QED) is 0.342. The van der Waals surface area contributed by atoms with Crippen molar-refractivity contribution in [1.29, 1.82) is 0 Å². The topological polar surface area (TPSA) is 102 Å². The van der Waals surface area contributed by atoms with E-state index in [0.717, 1.165) is 21.8 Å². The SMILES string of the molecule is COc1ccc(CCN2C(=O)c3ccc(C(=O)OC(C)C(=O)Nc4cc(Cl)ccc4C)cc3C2=O)cc1. The van der Waals surface area contributed by atoms with Crippen LogP contribution in [-0.4, -0.2) is 48.3 Å². The summed E-state index contributed by atoms with van der Waals surface area (Å²) in [6.45, 7) is 3.44. The summed E-state index contributed by atoms with van der Waals surface area (Å²) in [5.41, 5.74) is 2.67. The zero-order valence-corrected chi connectivity index (χ0v) is 21.3. The molecule has 190 valence electrons. The Balaban J connectivity index is 1.40. The number of anilines is 1. The van der Waals surface area contributed by atoms with Crippen LogP contribution in [0.15, 0.2) is 60.7 Å². The molecule has 1 unspecified atom stereocenters. The van der Waals surface area contributed by atoms with E-state index in [9.17, 15) is 19.2 Å². The molecule has 3 amide bonds. The molecule has 8 nitrogen and oxygen atoms in total. The summed E-state index contributed by atoms with van der Waals surface area (Å²) >= 11 is 5.99. The molecule has 0 bridgehead atoms. The lowest BCUT2D eigenvalue weighted by atomic mass is 10.1. The first-order valence-corrected chi connectivity index (χ1v) is 12.0. The number of carbonyl (C=O) groups excluding carboxylic acids is 4. The number of nitrogens with one attached hydrogen (secondary N) is 1. The van der Waals surface area contributed by atoms with E-state index in [-0.39, 0.29) is 23.2 Å². The average molecular weight is 521 g/mol. The molecule has 1 atom stereocenters. The van der Waals surface area contributed by atoms with Crippen molar-refractivity contribution in [1.82, 2.24) is 4.90 Å². The van der Waals surface area contributed by atoms with Crippen molar-refractivity contribution in [2.24, 2.45) is 0 Å². The molecule has 0 spiro atoms. The monoisotopic (exact) mass is 520 g/mol. The summed E-state index contributed by atoms with van der Waals surface area (Å²) in [4.78, 5) is 52.2. The molecule has 3 aromatic carbocycles. The number of ether oxygens (including phenoxy) is 2. The van der Waals surface area contributed by atoms with E-state index in [1.165, 1.54) is 25.1 Å². The summed E-state index contributed by atoms with van der Waals surface area (Å²) in [7, 11) is 1.58. The lowest BCUT2D eigenvalue weighted by Gasteiger charge is -2.15. The highest BCUT2D eigenvalue weighted by atomic mass is 35.5. The molecule has 9 heteroatoms. The van der Waals surface area contributed by atoms with Gasteiger partial charge >= 0.3 is 5.97 Å². The smallest absolute Gasteiger partial charge is 0.338 e. The Bertz CT molecular complexity index is 1390. The number of halogens is 1. The van der Waals surface area contributed by atoms with E-state index in [1.54, 1.807) is 25.3 Å². The summed E-state index contributed by atoms with van der Waals surface area (Å²) < 4.78 is 10.5. The van der Waals surface area contributed by atoms with Crippen molar-refractivity contribution < 1.29 is 28.7 Å². The summed E-state index contributed by atoms with van der Waals surface area (Å²) in [6.07, 6.45) is -0.638. The molecular formula is C28H25ClN2O6. The highest BCUT2D eigenvalue weighted by molar-refractivity contribution is 6.31. The van der Waals surface area contributed by atoms with Crippen LogP contribution < -0.4 is 10.1 Å². The van der Waals surface area contributed by atoms with Crippen molar-refractivity contribution in [3.63, 3.8) is 0 Å². The molecule has 0 fully saturated rings. The van der Waals surface area contributed by atoms with Crippen molar-refractivity contribution in [2.75, 3.05) is 19.0 Å². The van der Waals surface area contributed by atoms with Gasteiger partial charge in [-0.2, -0.15) is 0 Å². The molecule has 1 heterocycles. The Kier molecular flexibility index (Phi) is 7.59. The zero-order chi connectivity index (χ0) is 26.7. The number of esters is 1. The number of nitrogens with zero attached hydrogens (tertiary/aromatic N) is 1. The van der Waals surface area contributed by atoms with Crippen LogP contribution in [0.4, 0.5) is 5.69 Å². The number of methoxy groups -OCH3 is 1. The standard InChI is InChI=1S/C28H25ClN2O6/c1-16-4-8-20(29)15-24(16)30-25(32)17(2)37-28(35)19-7-11-22-23(14-19)27(34)31(26(22)33)13-12-18-5-9-21(36-3)10-6-18/h4-11,14-15,17H,12-13H2,1-3H3,(H,30,32). The molecule has 0 aromatic heterocycles. The van der Waals surface area contributed by atoms with Crippen LogP contribution in [-0.2, 0) is 16.0 Å². The van der Waals surface area contributed by atoms with Gasteiger partial charge in [-0.1, -0.05) is 29.8 Å². The Hall–Kier alpha value is -4.17. The molecule has 3 aromatic rings. The fourth-order valence-electron chi connectivity index (χ4n) is 3.90. The van der Waals surface area contributed by atoms with Gasteiger partial charge in [0.25, 0.3) is 17.7 Å². The summed E-state index contributed by atoms with van der Waals surface area (Å²) in [5, 5.41) is 3.15. The van der Waals surface area contributed by atoms with Crippen LogP contribution in [0.25, 0.3) is 0 Å².